The zero-order chi connectivity index (χ0) is 26.0. The van der Waals surface area contributed by atoms with Gasteiger partial charge in [-0.3, -0.25) is 0 Å². The fourth-order valence-corrected chi connectivity index (χ4v) is 7.22. The van der Waals surface area contributed by atoms with Crippen molar-refractivity contribution in [1.82, 2.24) is 0 Å². The van der Waals surface area contributed by atoms with Crippen LogP contribution < -0.4 is 4.46 Å². The van der Waals surface area contributed by atoms with E-state index < -0.39 is 74.5 Å². The van der Waals surface area contributed by atoms with E-state index in [0.717, 1.165) is 0 Å². The van der Waals surface area contributed by atoms with E-state index in [-0.39, 0.29) is 30.3 Å². The Morgan fingerprint density at radius 1 is 1.28 bits per heavy atom. The third-order valence-electron chi connectivity index (χ3n) is 6.45. The minimum absolute atomic E-state index is 0.00146. The molecule has 36 heavy (non-hydrogen) atoms. The van der Waals surface area contributed by atoms with Crippen LogP contribution in [0.4, 0.5) is 5.69 Å². The quantitative estimate of drug-likeness (QED) is 0.0926. The van der Waals surface area contributed by atoms with E-state index in [1.165, 1.54) is 13.2 Å². The van der Waals surface area contributed by atoms with Gasteiger partial charge in [0.15, 0.2) is 0 Å². The molecule has 202 valence electrons. The second-order valence-corrected chi connectivity index (χ2v) is 11.8. The number of para-hydroxylation sites is 1. The number of methoxy groups -OCH3 is 1. The van der Waals surface area contributed by atoms with Crippen LogP contribution in [0.25, 0.3) is 0 Å². The number of nitro benzene ring substituents is 1. The van der Waals surface area contributed by atoms with E-state index in [1.54, 1.807) is 32.0 Å². The molecule has 9 atom stereocenters. The number of benzene rings is 1. The molecule has 0 aromatic heterocycles. The molecule has 0 bridgehead atoms. The van der Waals surface area contributed by atoms with Gasteiger partial charge in [0.05, 0.1) is 0 Å². The zero-order valence-electron chi connectivity index (χ0n) is 20.3. The minimum atomic E-state index is -1.16. The van der Waals surface area contributed by atoms with E-state index in [0.29, 0.717) is 11.1 Å². The van der Waals surface area contributed by atoms with E-state index in [2.05, 4.69) is 0 Å². The summed E-state index contributed by atoms with van der Waals surface area (Å²) in [5.41, 5.74) is -0.00257. The molecular formula is C23H33NO11Se. The SMILES string of the molecule is COCO[C@@H]([C@H](O)[C@@H](C[Se]c1ccccc1[N+](=O)[O-])[C@H](O)C[C@H]1O[C@@H]2OC(C)(C)O[C@@H]2[C@H]1O)[C@@H]1CO1. The first-order chi connectivity index (χ1) is 17.1. The molecule has 3 aliphatic heterocycles. The first kappa shape index (κ1) is 27.8. The van der Waals surface area contributed by atoms with E-state index in [9.17, 15) is 25.4 Å². The third-order valence-corrected chi connectivity index (χ3v) is 8.99. The van der Waals surface area contributed by atoms with Crippen LogP contribution in [0, 0.1) is 16.0 Å². The molecule has 0 unspecified atom stereocenters. The molecule has 0 radical (unpaired) electrons. The van der Waals surface area contributed by atoms with Gasteiger partial charge in [-0.15, -0.1) is 0 Å². The van der Waals surface area contributed by atoms with Crippen molar-refractivity contribution in [3.8, 4) is 0 Å². The Kier molecular flexibility index (Phi) is 9.01. The Labute approximate surface area is 215 Å². The molecular weight excluding hydrogens is 545 g/mol. The molecule has 0 saturated carbocycles. The first-order valence-electron chi connectivity index (χ1n) is 11.7. The van der Waals surface area contributed by atoms with Gasteiger partial charge in [0.2, 0.25) is 0 Å². The summed E-state index contributed by atoms with van der Waals surface area (Å²) in [5, 5.41) is 45.1. The Bertz CT molecular complexity index is 901. The Morgan fingerprint density at radius 2 is 2.00 bits per heavy atom. The molecule has 1 aromatic rings. The van der Waals surface area contributed by atoms with Crippen molar-refractivity contribution in [1.29, 1.82) is 0 Å². The Morgan fingerprint density at radius 3 is 2.64 bits per heavy atom. The average molecular weight is 578 g/mol. The number of ether oxygens (including phenoxy) is 6. The van der Waals surface area contributed by atoms with Crippen molar-refractivity contribution in [2.75, 3.05) is 20.5 Å². The Balaban J connectivity index is 1.49. The number of aliphatic hydroxyl groups excluding tert-OH is 3. The number of aliphatic hydroxyl groups is 3. The molecule has 13 heteroatoms. The number of nitro groups is 1. The second kappa shape index (κ2) is 11.7. The average Bonchev–Trinajstić information content (AvgIpc) is 3.56. The van der Waals surface area contributed by atoms with Gasteiger partial charge in [0.25, 0.3) is 0 Å². The molecule has 3 N–H and O–H groups in total. The van der Waals surface area contributed by atoms with Crippen LogP contribution in [0.2, 0.25) is 5.32 Å². The Hall–Kier alpha value is -1.22. The number of nitrogens with zero attached hydrogens (tertiary/aromatic N) is 1. The van der Waals surface area contributed by atoms with E-state index in [1.807, 2.05) is 0 Å². The number of hydrogen-bond acceptors (Lipinski definition) is 11. The first-order valence-corrected chi connectivity index (χ1v) is 13.8. The molecule has 0 aliphatic carbocycles. The van der Waals surface area contributed by atoms with Gasteiger partial charge in [-0.1, -0.05) is 0 Å². The summed E-state index contributed by atoms with van der Waals surface area (Å²) in [5.74, 6) is -1.63. The van der Waals surface area contributed by atoms with Crippen molar-refractivity contribution >= 4 is 25.1 Å². The van der Waals surface area contributed by atoms with Crippen LogP contribution in [-0.4, -0.2) is 111 Å². The summed E-state index contributed by atoms with van der Waals surface area (Å²) in [7, 11) is 1.46. The second-order valence-electron chi connectivity index (χ2n) is 9.54. The molecule has 4 rings (SSSR count). The van der Waals surface area contributed by atoms with Gasteiger partial charge in [-0.05, 0) is 0 Å². The van der Waals surface area contributed by atoms with Crippen LogP contribution in [0.1, 0.15) is 20.3 Å². The van der Waals surface area contributed by atoms with E-state index >= 15 is 0 Å². The van der Waals surface area contributed by atoms with Crippen LogP contribution in [0.5, 0.6) is 0 Å². The van der Waals surface area contributed by atoms with Gasteiger partial charge in [-0.25, -0.2) is 0 Å². The number of fused-ring (bicyclic) bond motifs is 1. The van der Waals surface area contributed by atoms with Gasteiger partial charge < -0.3 is 0 Å². The molecule has 3 fully saturated rings. The summed E-state index contributed by atoms with van der Waals surface area (Å²) in [6.45, 7) is 3.78. The summed E-state index contributed by atoms with van der Waals surface area (Å²) >= 11 is -0.450. The van der Waals surface area contributed by atoms with Crippen LogP contribution in [0.15, 0.2) is 24.3 Å². The van der Waals surface area contributed by atoms with Crippen molar-refractivity contribution in [3.05, 3.63) is 34.4 Å². The maximum absolute atomic E-state index is 11.5. The fraction of sp³-hybridized carbons (Fsp3) is 0.739. The molecule has 3 saturated heterocycles. The normalized spacial score (nSPS) is 32.0. The van der Waals surface area contributed by atoms with Crippen LogP contribution in [0.3, 0.4) is 0 Å². The standard InChI is InChI=1S/C23H33NO11Se/c1-23(2)34-21-19(27)15(33-22(21)35-23)8-14(25)12(18(26)20(16-9-31-16)32-11-30-3)10-36-17-7-5-4-6-13(17)24(28)29/h4-7,12,14-16,18-22,25-27H,8-11H2,1-3H3/t12-,14+,15+,16-,18+,19-,20+,21+,22+/m0/s1. The predicted molar refractivity (Wildman–Crippen MR) is 125 cm³/mol. The fourth-order valence-electron chi connectivity index (χ4n) is 4.58. The summed E-state index contributed by atoms with van der Waals surface area (Å²) in [6, 6.07) is 6.43. The number of hydrogen-bond donors (Lipinski definition) is 3. The summed E-state index contributed by atoms with van der Waals surface area (Å²) < 4.78 is 33.8. The molecule has 0 amide bonds. The monoisotopic (exact) mass is 579 g/mol. The van der Waals surface area contributed by atoms with Gasteiger partial charge in [0.1, 0.15) is 0 Å². The molecule has 12 nitrogen and oxygen atoms in total. The topological polar surface area (TPSA) is 163 Å². The summed E-state index contributed by atoms with van der Waals surface area (Å²) in [6.07, 6.45) is -6.64. The van der Waals surface area contributed by atoms with Gasteiger partial charge in [-0.2, -0.15) is 0 Å². The van der Waals surface area contributed by atoms with Crippen molar-refractivity contribution in [2.24, 2.45) is 5.92 Å². The van der Waals surface area contributed by atoms with Crippen LogP contribution >= 0.6 is 0 Å². The maximum atomic E-state index is 11.5. The molecule has 0 spiro atoms. The van der Waals surface area contributed by atoms with Crippen molar-refractivity contribution in [2.45, 2.75) is 80.4 Å². The van der Waals surface area contributed by atoms with Gasteiger partial charge >= 0.3 is 215 Å². The van der Waals surface area contributed by atoms with Crippen molar-refractivity contribution in [3.63, 3.8) is 0 Å². The van der Waals surface area contributed by atoms with Crippen molar-refractivity contribution < 1.29 is 48.7 Å². The molecule has 3 heterocycles. The predicted octanol–water partition coefficient (Wildman–Crippen LogP) is -0.304. The molecule has 3 aliphatic rings. The van der Waals surface area contributed by atoms with Gasteiger partial charge in [0, 0.05) is 0 Å². The third kappa shape index (κ3) is 6.43. The molecule has 1 aromatic carbocycles. The van der Waals surface area contributed by atoms with Crippen LogP contribution in [-0.2, 0) is 28.4 Å². The van der Waals surface area contributed by atoms with E-state index in [4.69, 9.17) is 28.4 Å². The number of rotatable bonds is 13. The summed E-state index contributed by atoms with van der Waals surface area (Å²) in [4.78, 5) is 11.0. The number of epoxide rings is 1. The zero-order valence-corrected chi connectivity index (χ0v) is 22.0.